The predicted molar refractivity (Wildman–Crippen MR) is 110 cm³/mol. The highest BCUT2D eigenvalue weighted by Gasteiger charge is 2.29. The highest BCUT2D eigenvalue weighted by molar-refractivity contribution is 7.75. The van der Waals surface area contributed by atoms with E-state index in [0.717, 1.165) is 0 Å². The molecule has 6 heteroatoms. The SMILES string of the molecule is CCCCCC[P+](C)(CCCCCC)CCCCCC.F[B-](F)(F)F. The summed E-state index contributed by atoms with van der Waals surface area (Å²) in [5.41, 5.74) is 0. The Kier molecular flexibility index (Phi) is 19.3. The van der Waals surface area contributed by atoms with Gasteiger partial charge in [-0.15, -0.1) is 0 Å². The van der Waals surface area contributed by atoms with Crippen molar-refractivity contribution in [3.63, 3.8) is 0 Å². The molecule has 0 aromatic carbocycles. The smallest absolute Gasteiger partial charge is 0.418 e. The van der Waals surface area contributed by atoms with Crippen LogP contribution < -0.4 is 0 Å². The molecule has 0 unspecified atom stereocenters. The van der Waals surface area contributed by atoms with Crippen molar-refractivity contribution in [2.75, 3.05) is 25.2 Å². The highest BCUT2D eigenvalue weighted by Crippen LogP contribution is 2.57. The summed E-state index contributed by atoms with van der Waals surface area (Å²) in [7, 11) is -6.59. The van der Waals surface area contributed by atoms with E-state index < -0.39 is 14.5 Å². The number of hydrogen-bond donors (Lipinski definition) is 0. The maximum atomic E-state index is 9.75. The first-order chi connectivity index (χ1) is 11.7. The van der Waals surface area contributed by atoms with Crippen LogP contribution in [0.3, 0.4) is 0 Å². The molecule has 0 N–H and O–H groups in total. The summed E-state index contributed by atoms with van der Waals surface area (Å²) in [6.07, 6.45) is 22.2. The lowest BCUT2D eigenvalue weighted by Gasteiger charge is -2.23. The summed E-state index contributed by atoms with van der Waals surface area (Å²) >= 11 is 0. The Bertz CT molecular complexity index is 235. The molecule has 0 nitrogen and oxygen atoms in total. The standard InChI is InChI=1S/C19H42P.BF4/c1-5-8-11-14-17-20(4,18-15-12-9-6-2)19-16-13-10-7-3;2-1(3,4)5/h5-19H2,1-4H3;/q+1;-1. The fourth-order valence-electron chi connectivity index (χ4n) is 3.10. The molecule has 0 amide bonds. The van der Waals surface area contributed by atoms with Crippen molar-refractivity contribution in [2.45, 2.75) is 97.8 Å². The Morgan fingerprint density at radius 2 is 0.760 bits per heavy atom. The Hall–Kier alpha value is 0.215. The monoisotopic (exact) mass is 388 g/mol. The topological polar surface area (TPSA) is 0 Å². The average Bonchev–Trinajstić information content (AvgIpc) is 2.51. The van der Waals surface area contributed by atoms with Gasteiger partial charge in [-0.1, -0.05) is 59.3 Å². The van der Waals surface area contributed by atoms with Crippen LogP contribution in [0.5, 0.6) is 0 Å². The predicted octanol–water partition coefficient (Wildman–Crippen LogP) is 8.67. The number of hydrogen-bond acceptors (Lipinski definition) is 0. The van der Waals surface area contributed by atoms with Crippen LogP contribution >= 0.6 is 7.26 Å². The van der Waals surface area contributed by atoms with Crippen LogP contribution in [0.4, 0.5) is 17.3 Å². The first-order valence-electron chi connectivity index (χ1n) is 10.4. The fourth-order valence-corrected chi connectivity index (χ4v) is 6.73. The quantitative estimate of drug-likeness (QED) is 0.114. The zero-order valence-corrected chi connectivity index (χ0v) is 18.0. The van der Waals surface area contributed by atoms with Gasteiger partial charge in [-0.05, 0) is 38.5 Å². The zero-order chi connectivity index (χ0) is 19.6. The number of halogens is 4. The lowest BCUT2D eigenvalue weighted by Crippen LogP contribution is -2.07. The molecule has 25 heavy (non-hydrogen) atoms. The fraction of sp³-hybridized carbons (Fsp3) is 1.00. The normalized spacial score (nSPS) is 12.0. The lowest BCUT2D eigenvalue weighted by molar-refractivity contribution is 0.368. The van der Waals surface area contributed by atoms with Crippen molar-refractivity contribution < 1.29 is 17.3 Å². The van der Waals surface area contributed by atoms with Crippen molar-refractivity contribution in [1.29, 1.82) is 0 Å². The van der Waals surface area contributed by atoms with Gasteiger partial charge in [-0.2, -0.15) is 0 Å². The molecule has 0 aliphatic carbocycles. The van der Waals surface area contributed by atoms with E-state index in [1.54, 1.807) is 18.5 Å². The Morgan fingerprint density at radius 1 is 0.520 bits per heavy atom. The molecule has 0 saturated heterocycles. The van der Waals surface area contributed by atoms with E-state index in [0.29, 0.717) is 0 Å². The molecule has 0 heterocycles. The molecule has 0 aliphatic heterocycles. The molecule has 0 saturated carbocycles. The van der Waals surface area contributed by atoms with Crippen LogP contribution in [0.15, 0.2) is 0 Å². The maximum absolute atomic E-state index is 9.75. The first-order valence-corrected chi connectivity index (χ1v) is 13.2. The summed E-state index contributed by atoms with van der Waals surface area (Å²) in [6.45, 7) is 9.66. The van der Waals surface area contributed by atoms with Gasteiger partial charge in [0, 0.05) is 13.9 Å². The van der Waals surface area contributed by atoms with Crippen molar-refractivity contribution in [2.24, 2.45) is 0 Å². The van der Waals surface area contributed by atoms with Gasteiger partial charge in [0.15, 0.2) is 0 Å². The van der Waals surface area contributed by atoms with Crippen molar-refractivity contribution in [3.05, 3.63) is 0 Å². The van der Waals surface area contributed by atoms with Crippen molar-refractivity contribution >= 4 is 14.5 Å². The summed E-state index contributed by atoms with van der Waals surface area (Å²) < 4.78 is 39.0. The van der Waals surface area contributed by atoms with E-state index in [1.165, 1.54) is 77.0 Å². The largest absolute Gasteiger partial charge is 0.673 e. The minimum atomic E-state index is -6.00. The van der Waals surface area contributed by atoms with Gasteiger partial charge in [0.25, 0.3) is 0 Å². The summed E-state index contributed by atoms with van der Waals surface area (Å²) in [5, 5.41) is 0. The lowest BCUT2D eigenvalue weighted by atomic mass is 10.2. The van der Waals surface area contributed by atoms with Crippen LogP contribution in [-0.2, 0) is 0 Å². The molecule has 0 aromatic rings. The summed E-state index contributed by atoms with van der Waals surface area (Å²) in [6, 6.07) is 0. The molecular weight excluding hydrogens is 346 g/mol. The highest BCUT2D eigenvalue weighted by atomic mass is 31.2. The van der Waals surface area contributed by atoms with Crippen LogP contribution in [0, 0.1) is 0 Å². The van der Waals surface area contributed by atoms with E-state index in [1.807, 2.05) is 0 Å². The van der Waals surface area contributed by atoms with Crippen LogP contribution in [0.2, 0.25) is 0 Å². The van der Waals surface area contributed by atoms with Gasteiger partial charge in [-0.25, -0.2) is 0 Å². The Balaban J connectivity index is 0. The van der Waals surface area contributed by atoms with Crippen molar-refractivity contribution in [1.82, 2.24) is 0 Å². The second-order valence-electron chi connectivity index (χ2n) is 7.47. The van der Waals surface area contributed by atoms with Crippen LogP contribution in [-0.4, -0.2) is 32.4 Å². The van der Waals surface area contributed by atoms with E-state index in [9.17, 15) is 17.3 Å². The summed E-state index contributed by atoms with van der Waals surface area (Å²) in [5.74, 6) is 0. The van der Waals surface area contributed by atoms with Crippen molar-refractivity contribution in [3.8, 4) is 0 Å². The second-order valence-corrected chi connectivity index (χ2v) is 12.0. The third-order valence-electron chi connectivity index (χ3n) is 4.65. The molecule has 0 aromatic heterocycles. The molecule has 154 valence electrons. The molecule has 0 aliphatic rings. The van der Waals surface area contributed by atoms with Gasteiger partial charge >= 0.3 is 7.25 Å². The molecule has 0 spiro atoms. The Morgan fingerprint density at radius 3 is 0.960 bits per heavy atom. The third-order valence-corrected chi connectivity index (χ3v) is 8.84. The third kappa shape index (κ3) is 26.6. The average molecular weight is 388 g/mol. The maximum Gasteiger partial charge on any atom is 0.673 e. The first kappa shape index (κ1) is 27.4. The number of rotatable bonds is 15. The minimum Gasteiger partial charge on any atom is -0.418 e. The van der Waals surface area contributed by atoms with E-state index in [4.69, 9.17) is 0 Å². The molecule has 0 radical (unpaired) electrons. The minimum absolute atomic E-state index is 0.590. The molecular formula is C19H42BF4P. The van der Waals surface area contributed by atoms with E-state index >= 15 is 0 Å². The Labute approximate surface area is 155 Å². The zero-order valence-electron chi connectivity index (χ0n) is 17.1. The van der Waals surface area contributed by atoms with E-state index in [2.05, 4.69) is 27.4 Å². The van der Waals surface area contributed by atoms with Gasteiger partial charge in [0.1, 0.15) is 0 Å². The van der Waals surface area contributed by atoms with Gasteiger partial charge in [0.05, 0.1) is 18.5 Å². The van der Waals surface area contributed by atoms with Gasteiger partial charge in [-0.3, -0.25) is 0 Å². The summed E-state index contributed by atoms with van der Waals surface area (Å²) in [4.78, 5) is 0. The van der Waals surface area contributed by atoms with Gasteiger partial charge in [0.2, 0.25) is 0 Å². The van der Waals surface area contributed by atoms with Gasteiger partial charge < -0.3 is 17.3 Å². The number of unbranched alkanes of at least 4 members (excludes halogenated alkanes) is 9. The molecule has 0 bridgehead atoms. The molecule has 0 rings (SSSR count). The van der Waals surface area contributed by atoms with E-state index in [-0.39, 0.29) is 0 Å². The molecule has 0 fully saturated rings. The van der Waals surface area contributed by atoms with Crippen LogP contribution in [0.1, 0.15) is 97.8 Å². The second kappa shape index (κ2) is 17.6. The van der Waals surface area contributed by atoms with Crippen LogP contribution in [0.25, 0.3) is 0 Å². The molecule has 0 atom stereocenters.